The summed E-state index contributed by atoms with van der Waals surface area (Å²) in [5, 5.41) is 11.1. The molecule has 2 N–H and O–H groups in total. The fourth-order valence-electron chi connectivity index (χ4n) is 2.80. The number of allylic oxidation sites excluding steroid dienone is 1. The van der Waals surface area contributed by atoms with E-state index in [-0.39, 0.29) is 5.91 Å². The maximum Gasteiger partial charge on any atom is 0.255 e. The largest absolute Gasteiger partial charge is 0.457 e. The molecular weight excluding hydrogens is 374 g/mol. The Bertz CT molecular complexity index is 1030. The molecule has 0 bridgehead atoms. The van der Waals surface area contributed by atoms with Gasteiger partial charge in [0.05, 0.1) is 12.1 Å². The number of carbonyl (C=O) groups is 1. The summed E-state index contributed by atoms with van der Waals surface area (Å²) in [5.41, 5.74) is 2.09. The number of hydrogen-bond acceptors (Lipinski definition) is 6. The van der Waals surface area contributed by atoms with Gasteiger partial charge >= 0.3 is 0 Å². The second kappa shape index (κ2) is 7.77. The lowest BCUT2D eigenvalue weighted by molar-refractivity contribution is -0.113. The highest BCUT2D eigenvalue weighted by Crippen LogP contribution is 2.25. The van der Waals surface area contributed by atoms with Crippen molar-refractivity contribution >= 4 is 29.3 Å². The number of anilines is 2. The van der Waals surface area contributed by atoms with E-state index in [0.29, 0.717) is 34.7 Å². The Morgan fingerprint density at radius 1 is 1.14 bits per heavy atom. The zero-order valence-corrected chi connectivity index (χ0v) is 16.3. The third-order valence-electron chi connectivity index (χ3n) is 4.26. The van der Waals surface area contributed by atoms with Crippen molar-refractivity contribution < 1.29 is 9.53 Å². The zero-order valence-electron chi connectivity index (χ0n) is 15.5. The average Bonchev–Trinajstić information content (AvgIpc) is 3.11. The Hall–Kier alpha value is -3.26. The van der Waals surface area contributed by atoms with Gasteiger partial charge in [-0.05, 0) is 49.6 Å². The topological polar surface area (TPSA) is 81.1 Å². The average molecular weight is 393 g/mol. The monoisotopic (exact) mass is 393 g/mol. The van der Waals surface area contributed by atoms with Gasteiger partial charge in [0, 0.05) is 11.4 Å². The molecule has 0 fully saturated rings. The van der Waals surface area contributed by atoms with E-state index in [4.69, 9.17) is 4.74 Å². The van der Waals surface area contributed by atoms with Crippen molar-refractivity contribution in [2.45, 2.75) is 18.6 Å². The number of hydrogen-bond donors (Lipinski definition) is 2. The van der Waals surface area contributed by atoms with Crippen LogP contribution in [0.1, 0.15) is 6.92 Å². The number of nitrogens with one attached hydrogen (secondary N) is 2. The van der Waals surface area contributed by atoms with E-state index in [1.54, 1.807) is 4.68 Å². The Morgan fingerprint density at radius 2 is 1.86 bits per heavy atom. The Morgan fingerprint density at radius 3 is 2.57 bits per heavy atom. The molecule has 2 heterocycles. The van der Waals surface area contributed by atoms with Crippen LogP contribution in [0.5, 0.6) is 11.5 Å². The minimum absolute atomic E-state index is 0.173. The second-order valence-electron chi connectivity index (χ2n) is 6.20. The van der Waals surface area contributed by atoms with E-state index in [9.17, 15) is 4.79 Å². The molecule has 0 unspecified atom stereocenters. The van der Waals surface area contributed by atoms with Gasteiger partial charge in [-0.25, -0.2) is 4.68 Å². The quantitative estimate of drug-likeness (QED) is 0.635. The van der Waals surface area contributed by atoms with Crippen molar-refractivity contribution in [3.8, 4) is 11.5 Å². The second-order valence-corrected chi connectivity index (χ2v) is 6.98. The summed E-state index contributed by atoms with van der Waals surface area (Å²) in [6.07, 6.45) is 1.92. The normalized spacial score (nSPS) is 12.9. The molecule has 1 amide bonds. The maximum atomic E-state index is 12.7. The number of aromatic nitrogens is 3. The fourth-order valence-corrected chi connectivity index (χ4v) is 3.16. The lowest BCUT2D eigenvalue weighted by Crippen LogP contribution is -2.26. The summed E-state index contributed by atoms with van der Waals surface area (Å²) in [4.78, 5) is 17.1. The highest BCUT2D eigenvalue weighted by Gasteiger charge is 2.23. The minimum atomic E-state index is -0.173. The lowest BCUT2D eigenvalue weighted by atomic mass is 10.1. The highest BCUT2D eigenvalue weighted by molar-refractivity contribution is 7.98. The van der Waals surface area contributed by atoms with Crippen molar-refractivity contribution in [1.29, 1.82) is 0 Å². The molecule has 0 atom stereocenters. The molecule has 0 spiro atoms. The molecule has 0 aliphatic carbocycles. The van der Waals surface area contributed by atoms with Crippen molar-refractivity contribution in [3.63, 3.8) is 0 Å². The van der Waals surface area contributed by atoms with Crippen molar-refractivity contribution in [1.82, 2.24) is 14.8 Å². The number of benzene rings is 2. The van der Waals surface area contributed by atoms with Gasteiger partial charge in [-0.15, -0.1) is 5.10 Å². The van der Waals surface area contributed by atoms with Gasteiger partial charge in [0.25, 0.3) is 5.91 Å². The fraction of sp³-hybridized carbons (Fsp3) is 0.150. The first-order valence-electron chi connectivity index (χ1n) is 8.72. The third-order valence-corrected chi connectivity index (χ3v) is 4.80. The molecule has 3 aromatic rings. The standard InChI is InChI=1S/C20H19N5O2S/c1-13-17(12-25-19(21-13)23-20(24-25)28-2)18(26)22-14-8-10-16(11-9-14)27-15-6-4-3-5-7-15/h3-11H,12H2,1-2H3,(H,22,26)(H,21,23,24). The van der Waals surface area contributed by atoms with Crippen molar-refractivity contribution in [2.24, 2.45) is 0 Å². The molecule has 0 radical (unpaired) electrons. The van der Waals surface area contributed by atoms with Crippen LogP contribution in [-0.4, -0.2) is 26.9 Å². The molecule has 7 nitrogen and oxygen atoms in total. The number of ether oxygens (including phenoxy) is 1. The van der Waals surface area contributed by atoms with Gasteiger partial charge in [0.1, 0.15) is 11.5 Å². The molecule has 1 aliphatic rings. The van der Waals surface area contributed by atoms with Crippen LogP contribution in [-0.2, 0) is 11.3 Å². The smallest absolute Gasteiger partial charge is 0.255 e. The van der Waals surface area contributed by atoms with Gasteiger partial charge in [-0.3, -0.25) is 4.79 Å². The zero-order chi connectivity index (χ0) is 19.5. The highest BCUT2D eigenvalue weighted by atomic mass is 32.2. The number of fused-ring (bicyclic) bond motifs is 1. The minimum Gasteiger partial charge on any atom is -0.457 e. The van der Waals surface area contributed by atoms with Crippen LogP contribution in [0.4, 0.5) is 11.6 Å². The van der Waals surface area contributed by atoms with E-state index in [1.165, 1.54) is 11.8 Å². The summed E-state index contributed by atoms with van der Waals surface area (Å²) >= 11 is 1.46. The summed E-state index contributed by atoms with van der Waals surface area (Å²) in [6.45, 7) is 2.24. The van der Waals surface area contributed by atoms with Gasteiger partial charge in [-0.1, -0.05) is 30.0 Å². The van der Waals surface area contributed by atoms with Crippen LogP contribution in [0.3, 0.4) is 0 Å². The molecular formula is C20H19N5O2S. The Balaban J connectivity index is 1.43. The van der Waals surface area contributed by atoms with Gasteiger partial charge in [-0.2, -0.15) is 4.98 Å². The predicted molar refractivity (Wildman–Crippen MR) is 110 cm³/mol. The number of rotatable bonds is 5. The first kappa shape index (κ1) is 18.1. The molecule has 1 aromatic heterocycles. The predicted octanol–water partition coefficient (Wildman–Crippen LogP) is 4.13. The number of thioether (sulfide) groups is 1. The Labute approximate surface area is 166 Å². The lowest BCUT2D eigenvalue weighted by Gasteiger charge is -2.19. The van der Waals surface area contributed by atoms with Gasteiger partial charge in [0.2, 0.25) is 11.1 Å². The molecule has 8 heteroatoms. The molecule has 2 aromatic carbocycles. The maximum absolute atomic E-state index is 12.7. The molecule has 28 heavy (non-hydrogen) atoms. The summed E-state index contributed by atoms with van der Waals surface area (Å²) in [7, 11) is 0. The van der Waals surface area contributed by atoms with Crippen LogP contribution in [0.2, 0.25) is 0 Å². The Kier molecular flexibility index (Phi) is 5.03. The third kappa shape index (κ3) is 3.86. The SMILES string of the molecule is CSc1nc2n(n1)CC(C(=O)Nc1ccc(Oc3ccccc3)cc1)=C(C)N2. The first-order chi connectivity index (χ1) is 13.6. The van der Waals surface area contributed by atoms with Crippen LogP contribution >= 0.6 is 11.8 Å². The molecule has 0 saturated carbocycles. The number of carbonyl (C=O) groups excluding carboxylic acids is 1. The van der Waals surface area contributed by atoms with E-state index >= 15 is 0 Å². The van der Waals surface area contributed by atoms with Crippen LogP contribution in [0.25, 0.3) is 0 Å². The van der Waals surface area contributed by atoms with E-state index < -0.39 is 0 Å². The van der Waals surface area contributed by atoms with Crippen molar-refractivity contribution in [2.75, 3.05) is 16.9 Å². The van der Waals surface area contributed by atoms with E-state index in [2.05, 4.69) is 20.7 Å². The summed E-state index contributed by atoms with van der Waals surface area (Å²) < 4.78 is 7.47. The molecule has 0 saturated heterocycles. The van der Waals surface area contributed by atoms with Crippen LogP contribution < -0.4 is 15.4 Å². The molecule has 4 rings (SSSR count). The summed E-state index contributed by atoms with van der Waals surface area (Å²) in [6, 6.07) is 16.8. The first-order valence-corrected chi connectivity index (χ1v) is 9.95. The summed E-state index contributed by atoms with van der Waals surface area (Å²) in [5.74, 6) is 1.95. The van der Waals surface area contributed by atoms with Gasteiger partial charge in [0.15, 0.2) is 0 Å². The molecule has 1 aliphatic heterocycles. The van der Waals surface area contributed by atoms with E-state index in [0.717, 1.165) is 11.4 Å². The van der Waals surface area contributed by atoms with Crippen LogP contribution in [0, 0.1) is 0 Å². The van der Waals surface area contributed by atoms with Gasteiger partial charge < -0.3 is 15.4 Å². The van der Waals surface area contributed by atoms with Crippen LogP contribution in [0.15, 0.2) is 71.0 Å². The van der Waals surface area contributed by atoms with Crippen molar-refractivity contribution in [3.05, 3.63) is 65.9 Å². The number of amides is 1. The van der Waals surface area contributed by atoms with E-state index in [1.807, 2.05) is 67.8 Å². The number of nitrogens with zero attached hydrogens (tertiary/aromatic N) is 3. The molecule has 142 valence electrons. The number of para-hydroxylation sites is 1.